The first kappa shape index (κ1) is 12.5. The van der Waals surface area contributed by atoms with Crippen molar-refractivity contribution in [3.63, 3.8) is 0 Å². The first-order chi connectivity index (χ1) is 9.65. The van der Waals surface area contributed by atoms with Crippen molar-refractivity contribution in [2.24, 2.45) is 0 Å². The number of aromatic nitrogens is 2. The minimum absolute atomic E-state index is 0.744. The molecule has 0 bridgehead atoms. The molecule has 0 atom stereocenters. The summed E-state index contributed by atoms with van der Waals surface area (Å²) in [7, 11) is 0. The largest absolute Gasteiger partial charge is 0.399 e. The molecule has 3 heteroatoms. The van der Waals surface area contributed by atoms with E-state index < -0.39 is 0 Å². The number of hydrogen-bond donors (Lipinski definition) is 2. The van der Waals surface area contributed by atoms with Gasteiger partial charge < -0.3 is 10.7 Å². The highest BCUT2D eigenvalue weighted by atomic mass is 14.9. The smallest absolute Gasteiger partial charge is 0.138 e. The number of nitrogen functional groups attached to an aromatic ring is 1. The molecule has 3 aromatic rings. The van der Waals surface area contributed by atoms with Crippen LogP contribution in [0.25, 0.3) is 22.6 Å². The van der Waals surface area contributed by atoms with Crippen LogP contribution < -0.4 is 5.73 Å². The number of nitrogens with zero attached hydrogens (tertiary/aromatic N) is 1. The summed E-state index contributed by atoms with van der Waals surface area (Å²) in [6.07, 6.45) is 0. The number of nitrogens with one attached hydrogen (secondary N) is 1. The van der Waals surface area contributed by atoms with Crippen molar-refractivity contribution >= 4 is 5.69 Å². The Bertz CT molecular complexity index is 756. The number of hydrogen-bond acceptors (Lipinski definition) is 2. The minimum Gasteiger partial charge on any atom is -0.399 e. The molecule has 0 saturated carbocycles. The third-order valence-corrected chi connectivity index (χ3v) is 3.44. The van der Waals surface area contributed by atoms with Crippen LogP contribution in [0.3, 0.4) is 0 Å². The monoisotopic (exact) mass is 263 g/mol. The summed E-state index contributed by atoms with van der Waals surface area (Å²) in [5.41, 5.74) is 12.0. The fourth-order valence-corrected chi connectivity index (χ4v) is 2.38. The molecule has 0 spiro atoms. The number of rotatable bonds is 2. The van der Waals surface area contributed by atoms with Crippen LogP contribution in [0.15, 0.2) is 48.5 Å². The molecule has 0 fully saturated rings. The lowest BCUT2D eigenvalue weighted by Crippen LogP contribution is -1.87. The second-order valence-corrected chi connectivity index (χ2v) is 5.00. The summed E-state index contributed by atoms with van der Waals surface area (Å²) in [6.45, 7) is 4.15. The van der Waals surface area contributed by atoms with E-state index in [4.69, 9.17) is 10.7 Å². The number of aromatic amines is 1. The molecule has 0 aliphatic rings. The second-order valence-electron chi connectivity index (χ2n) is 5.00. The molecule has 0 aliphatic heterocycles. The predicted octanol–water partition coefficient (Wildman–Crippen LogP) is 3.94. The van der Waals surface area contributed by atoms with E-state index in [0.29, 0.717) is 0 Å². The standard InChI is InChI=1S/C17H17N3/c1-11-6-3-4-9-15(11)16-12(2)19-17(20-16)13-7-5-8-14(18)10-13/h3-10H,18H2,1-2H3,(H,19,20). The maximum absolute atomic E-state index is 5.83. The van der Waals surface area contributed by atoms with E-state index >= 15 is 0 Å². The zero-order valence-corrected chi connectivity index (χ0v) is 11.6. The van der Waals surface area contributed by atoms with Gasteiger partial charge in [-0.25, -0.2) is 4.98 Å². The molecule has 1 heterocycles. The quantitative estimate of drug-likeness (QED) is 0.688. The minimum atomic E-state index is 0.744. The van der Waals surface area contributed by atoms with Crippen LogP contribution in [0.4, 0.5) is 5.69 Å². The van der Waals surface area contributed by atoms with Crippen LogP contribution in [0.2, 0.25) is 0 Å². The average molecular weight is 263 g/mol. The molecular weight excluding hydrogens is 246 g/mol. The second kappa shape index (κ2) is 4.85. The molecule has 3 rings (SSSR count). The molecule has 0 saturated heterocycles. The number of imidazole rings is 1. The lowest BCUT2D eigenvalue weighted by Gasteiger charge is -2.02. The van der Waals surface area contributed by atoms with Crippen LogP contribution in [0.5, 0.6) is 0 Å². The molecule has 0 radical (unpaired) electrons. The fraction of sp³-hybridized carbons (Fsp3) is 0.118. The molecule has 0 unspecified atom stereocenters. The molecule has 1 aromatic heterocycles. The van der Waals surface area contributed by atoms with Crippen LogP contribution in [-0.4, -0.2) is 9.97 Å². The first-order valence-electron chi connectivity index (χ1n) is 6.63. The fourth-order valence-electron chi connectivity index (χ4n) is 2.38. The van der Waals surface area contributed by atoms with Crippen molar-refractivity contribution in [3.05, 3.63) is 59.8 Å². The van der Waals surface area contributed by atoms with Gasteiger partial charge in [0, 0.05) is 22.5 Å². The topological polar surface area (TPSA) is 54.7 Å². The number of nitrogens with two attached hydrogens (primary N) is 1. The first-order valence-corrected chi connectivity index (χ1v) is 6.63. The van der Waals surface area contributed by atoms with Gasteiger partial charge in [-0.1, -0.05) is 36.4 Å². The van der Waals surface area contributed by atoms with Crippen molar-refractivity contribution in [1.29, 1.82) is 0 Å². The van der Waals surface area contributed by atoms with E-state index in [0.717, 1.165) is 34.0 Å². The van der Waals surface area contributed by atoms with Crippen LogP contribution >= 0.6 is 0 Å². The lowest BCUT2D eigenvalue weighted by molar-refractivity contribution is 1.25. The number of anilines is 1. The van der Waals surface area contributed by atoms with Crippen molar-refractivity contribution < 1.29 is 0 Å². The van der Waals surface area contributed by atoms with Crippen LogP contribution in [0.1, 0.15) is 11.3 Å². The normalized spacial score (nSPS) is 10.7. The Labute approximate surface area is 118 Å². The molecule has 3 nitrogen and oxygen atoms in total. The van der Waals surface area contributed by atoms with Gasteiger partial charge in [0.25, 0.3) is 0 Å². The molecule has 20 heavy (non-hydrogen) atoms. The molecule has 3 N–H and O–H groups in total. The van der Waals surface area contributed by atoms with Gasteiger partial charge in [-0.3, -0.25) is 0 Å². The van der Waals surface area contributed by atoms with Gasteiger partial charge in [0.2, 0.25) is 0 Å². The van der Waals surface area contributed by atoms with Gasteiger partial charge in [-0.15, -0.1) is 0 Å². The van der Waals surface area contributed by atoms with Gasteiger partial charge in [0.15, 0.2) is 0 Å². The van der Waals surface area contributed by atoms with Crippen molar-refractivity contribution in [2.45, 2.75) is 13.8 Å². The molecule has 0 aliphatic carbocycles. The van der Waals surface area contributed by atoms with Gasteiger partial charge in [0.1, 0.15) is 5.82 Å². The zero-order valence-electron chi connectivity index (χ0n) is 11.6. The van der Waals surface area contributed by atoms with Crippen LogP contribution in [0, 0.1) is 13.8 Å². The van der Waals surface area contributed by atoms with E-state index in [1.165, 1.54) is 5.56 Å². The highest BCUT2D eigenvalue weighted by Gasteiger charge is 2.11. The lowest BCUT2D eigenvalue weighted by atomic mass is 10.1. The number of benzene rings is 2. The van der Waals surface area contributed by atoms with Crippen molar-refractivity contribution in [1.82, 2.24) is 9.97 Å². The van der Waals surface area contributed by atoms with Gasteiger partial charge >= 0.3 is 0 Å². The number of H-pyrrole nitrogens is 1. The van der Waals surface area contributed by atoms with Crippen molar-refractivity contribution in [2.75, 3.05) is 5.73 Å². The maximum atomic E-state index is 5.83. The zero-order chi connectivity index (χ0) is 14.1. The van der Waals surface area contributed by atoms with E-state index in [9.17, 15) is 0 Å². The Kier molecular flexibility index (Phi) is 3.03. The van der Waals surface area contributed by atoms with E-state index in [-0.39, 0.29) is 0 Å². The Morgan fingerprint density at radius 2 is 1.80 bits per heavy atom. The van der Waals surface area contributed by atoms with E-state index in [1.807, 2.05) is 43.3 Å². The summed E-state index contributed by atoms with van der Waals surface area (Å²) in [5.74, 6) is 0.855. The van der Waals surface area contributed by atoms with Crippen molar-refractivity contribution in [3.8, 4) is 22.6 Å². The molecule has 100 valence electrons. The SMILES string of the molecule is Cc1ccccc1-c1nc(-c2cccc(N)c2)[nH]c1C. The number of aryl methyl sites for hydroxylation is 2. The highest BCUT2D eigenvalue weighted by Crippen LogP contribution is 2.28. The molecule has 2 aromatic carbocycles. The highest BCUT2D eigenvalue weighted by molar-refractivity contribution is 5.70. The van der Waals surface area contributed by atoms with Gasteiger partial charge in [-0.2, -0.15) is 0 Å². The average Bonchev–Trinajstić information content (AvgIpc) is 2.81. The third-order valence-electron chi connectivity index (χ3n) is 3.44. The predicted molar refractivity (Wildman–Crippen MR) is 83.3 cm³/mol. The Morgan fingerprint density at radius 3 is 2.55 bits per heavy atom. The summed E-state index contributed by atoms with van der Waals surface area (Å²) < 4.78 is 0. The van der Waals surface area contributed by atoms with Crippen LogP contribution in [-0.2, 0) is 0 Å². The summed E-state index contributed by atoms with van der Waals surface area (Å²) >= 11 is 0. The third kappa shape index (κ3) is 2.18. The van der Waals surface area contributed by atoms with E-state index in [1.54, 1.807) is 0 Å². The Morgan fingerprint density at radius 1 is 1.00 bits per heavy atom. The summed E-state index contributed by atoms with van der Waals surface area (Å²) in [6, 6.07) is 16.0. The van der Waals surface area contributed by atoms with Gasteiger partial charge in [-0.05, 0) is 31.5 Å². The Hall–Kier alpha value is -2.55. The maximum Gasteiger partial charge on any atom is 0.138 e. The van der Waals surface area contributed by atoms with E-state index in [2.05, 4.69) is 24.0 Å². The summed E-state index contributed by atoms with van der Waals surface area (Å²) in [4.78, 5) is 8.09. The molecular formula is C17H17N3. The van der Waals surface area contributed by atoms with Gasteiger partial charge in [0.05, 0.1) is 5.69 Å². The molecule has 0 amide bonds. The summed E-state index contributed by atoms with van der Waals surface area (Å²) in [5, 5.41) is 0. The Balaban J connectivity index is 2.10.